The van der Waals surface area contributed by atoms with E-state index >= 15 is 0 Å². The van der Waals surface area contributed by atoms with Gasteiger partial charge in [-0.25, -0.2) is 4.79 Å². The number of benzene rings is 2. The molecule has 0 fully saturated rings. The van der Waals surface area contributed by atoms with Gasteiger partial charge >= 0.3 is 5.97 Å². The largest absolute Gasteiger partial charge is 0.462 e. The van der Waals surface area contributed by atoms with Crippen molar-refractivity contribution in [3.05, 3.63) is 64.7 Å². The Bertz CT molecular complexity index is 995. The second-order valence-electron chi connectivity index (χ2n) is 5.36. The molecule has 0 bridgehead atoms. The molecule has 0 saturated heterocycles. The zero-order valence-corrected chi connectivity index (χ0v) is 14.3. The van der Waals surface area contributed by atoms with Gasteiger partial charge in [0.1, 0.15) is 11.6 Å². The lowest BCUT2D eigenvalue weighted by atomic mass is 10.0. The quantitative estimate of drug-likeness (QED) is 0.411. The van der Waals surface area contributed by atoms with Gasteiger partial charge in [0.2, 0.25) is 0 Å². The Hall–Kier alpha value is -3.03. The predicted molar refractivity (Wildman–Crippen MR) is 99.0 cm³/mol. The zero-order chi connectivity index (χ0) is 17.8. The molecule has 0 amide bonds. The average Bonchev–Trinajstić information content (AvgIpc) is 2.99. The summed E-state index contributed by atoms with van der Waals surface area (Å²) >= 11 is 5.97. The second-order valence-corrected chi connectivity index (χ2v) is 5.79. The van der Waals surface area contributed by atoms with Gasteiger partial charge in [-0.15, -0.1) is 0 Å². The number of halogens is 1. The molecule has 3 rings (SSSR count). The van der Waals surface area contributed by atoms with Gasteiger partial charge in [0, 0.05) is 21.5 Å². The fourth-order valence-electron chi connectivity index (χ4n) is 2.65. The summed E-state index contributed by atoms with van der Waals surface area (Å²) in [6.45, 7) is 1.92. The number of ether oxygens (including phenoxy) is 1. The number of hydrogen-bond acceptors (Lipinski definition) is 3. The fourth-order valence-corrected chi connectivity index (χ4v) is 2.77. The summed E-state index contributed by atoms with van der Waals surface area (Å²) in [6, 6.07) is 17.0. The number of nitrogens with one attached hydrogen (secondary N) is 1. The summed E-state index contributed by atoms with van der Waals surface area (Å²) < 4.78 is 4.96. The second kappa shape index (κ2) is 7.25. The van der Waals surface area contributed by atoms with Crippen LogP contribution < -0.4 is 0 Å². The molecule has 124 valence electrons. The molecule has 0 atom stereocenters. The molecule has 1 N–H and O–H groups in total. The SMILES string of the molecule is CCOC(=O)C(C#N)=Cc1c(-c2ccc(Cl)cc2)[nH]c2ccccc12. The van der Waals surface area contributed by atoms with Crippen molar-refractivity contribution in [3.63, 3.8) is 0 Å². The van der Waals surface area contributed by atoms with E-state index in [0.29, 0.717) is 5.02 Å². The summed E-state index contributed by atoms with van der Waals surface area (Å²) in [7, 11) is 0. The molecule has 25 heavy (non-hydrogen) atoms. The number of nitriles is 1. The first kappa shape index (κ1) is 16.8. The van der Waals surface area contributed by atoms with Crippen LogP contribution in [0.1, 0.15) is 12.5 Å². The molecule has 4 nitrogen and oxygen atoms in total. The number of aromatic amines is 1. The van der Waals surface area contributed by atoms with E-state index in [-0.39, 0.29) is 12.2 Å². The van der Waals surface area contributed by atoms with Gasteiger partial charge in [-0.3, -0.25) is 0 Å². The van der Waals surface area contributed by atoms with Crippen LogP contribution in [0, 0.1) is 11.3 Å². The van der Waals surface area contributed by atoms with Crippen molar-refractivity contribution >= 4 is 34.5 Å². The van der Waals surface area contributed by atoms with E-state index in [2.05, 4.69) is 4.98 Å². The number of hydrogen-bond donors (Lipinski definition) is 1. The van der Waals surface area contributed by atoms with E-state index in [4.69, 9.17) is 16.3 Å². The lowest BCUT2D eigenvalue weighted by molar-refractivity contribution is -0.137. The minimum Gasteiger partial charge on any atom is -0.462 e. The zero-order valence-electron chi connectivity index (χ0n) is 13.5. The Morgan fingerprint density at radius 1 is 1.24 bits per heavy atom. The Morgan fingerprint density at radius 3 is 2.64 bits per heavy atom. The number of nitrogens with zero attached hydrogens (tertiary/aromatic N) is 1. The van der Waals surface area contributed by atoms with Crippen molar-refractivity contribution in [2.75, 3.05) is 6.61 Å². The molecule has 1 heterocycles. The monoisotopic (exact) mass is 350 g/mol. The summed E-state index contributed by atoms with van der Waals surface area (Å²) in [6.07, 6.45) is 1.57. The van der Waals surface area contributed by atoms with Crippen LogP contribution in [0.25, 0.3) is 28.2 Å². The summed E-state index contributed by atoms with van der Waals surface area (Å²) in [5, 5.41) is 10.9. The van der Waals surface area contributed by atoms with Crippen LogP contribution >= 0.6 is 11.6 Å². The lowest BCUT2D eigenvalue weighted by Gasteiger charge is -2.03. The Kier molecular flexibility index (Phi) is 4.87. The molecule has 5 heteroatoms. The van der Waals surface area contributed by atoms with E-state index in [0.717, 1.165) is 27.7 Å². The number of H-pyrrole nitrogens is 1. The third-order valence-electron chi connectivity index (χ3n) is 3.78. The molecule has 0 spiro atoms. The van der Waals surface area contributed by atoms with Crippen LogP contribution in [-0.4, -0.2) is 17.6 Å². The number of aromatic nitrogens is 1. The first-order valence-electron chi connectivity index (χ1n) is 7.79. The number of esters is 1. The highest BCUT2D eigenvalue weighted by atomic mass is 35.5. The maximum Gasteiger partial charge on any atom is 0.348 e. The molecular weight excluding hydrogens is 336 g/mol. The van der Waals surface area contributed by atoms with Gasteiger partial charge in [0.15, 0.2) is 0 Å². The van der Waals surface area contributed by atoms with Crippen molar-refractivity contribution < 1.29 is 9.53 Å². The molecule has 2 aromatic carbocycles. The number of carbonyl (C=O) groups is 1. The van der Waals surface area contributed by atoms with Crippen molar-refractivity contribution in [2.24, 2.45) is 0 Å². The van der Waals surface area contributed by atoms with Gasteiger partial charge in [0.25, 0.3) is 0 Å². The van der Waals surface area contributed by atoms with Gasteiger partial charge in [0.05, 0.1) is 12.3 Å². The predicted octanol–water partition coefficient (Wildman–Crippen LogP) is 4.96. The van der Waals surface area contributed by atoms with Gasteiger partial charge in [-0.1, -0.05) is 41.9 Å². The van der Waals surface area contributed by atoms with E-state index in [9.17, 15) is 10.1 Å². The van der Waals surface area contributed by atoms with Crippen molar-refractivity contribution in [3.8, 4) is 17.3 Å². The van der Waals surface area contributed by atoms with E-state index < -0.39 is 5.97 Å². The van der Waals surface area contributed by atoms with E-state index in [1.54, 1.807) is 25.1 Å². The third kappa shape index (κ3) is 3.42. The number of para-hydroxylation sites is 1. The van der Waals surface area contributed by atoms with Crippen LogP contribution in [0.15, 0.2) is 54.1 Å². The third-order valence-corrected chi connectivity index (χ3v) is 4.04. The molecule has 3 aromatic rings. The molecule has 1 aromatic heterocycles. The normalized spacial score (nSPS) is 11.3. The molecular formula is C20H15ClN2O2. The standard InChI is InChI=1S/C20H15ClN2O2/c1-2-25-20(24)14(12-22)11-17-16-5-3-4-6-18(16)23-19(17)13-7-9-15(21)10-8-13/h3-11,23H,2H2,1H3. The molecule has 0 aliphatic heterocycles. The van der Waals surface area contributed by atoms with E-state index in [1.807, 2.05) is 42.5 Å². The fraction of sp³-hybridized carbons (Fsp3) is 0.100. The van der Waals surface area contributed by atoms with Crippen LogP contribution in [0.5, 0.6) is 0 Å². The van der Waals surface area contributed by atoms with Gasteiger partial charge in [-0.2, -0.15) is 5.26 Å². The number of carbonyl (C=O) groups excluding carboxylic acids is 1. The first-order chi connectivity index (χ1) is 12.1. The highest BCUT2D eigenvalue weighted by Gasteiger charge is 2.16. The van der Waals surface area contributed by atoms with Crippen molar-refractivity contribution in [1.29, 1.82) is 5.26 Å². The molecule has 0 aliphatic carbocycles. The Morgan fingerprint density at radius 2 is 1.96 bits per heavy atom. The van der Waals surface area contributed by atoms with Gasteiger partial charge in [-0.05, 0) is 36.8 Å². The summed E-state index contributed by atoms with van der Waals surface area (Å²) in [5.74, 6) is -0.627. The van der Waals surface area contributed by atoms with Crippen molar-refractivity contribution in [1.82, 2.24) is 4.98 Å². The van der Waals surface area contributed by atoms with Crippen LogP contribution in [0.4, 0.5) is 0 Å². The Balaban J connectivity index is 2.22. The number of fused-ring (bicyclic) bond motifs is 1. The van der Waals surface area contributed by atoms with Crippen LogP contribution in [0.3, 0.4) is 0 Å². The molecule has 0 radical (unpaired) electrons. The smallest absolute Gasteiger partial charge is 0.348 e. The highest BCUT2D eigenvalue weighted by molar-refractivity contribution is 6.30. The number of rotatable bonds is 4. The molecule has 0 saturated carbocycles. The maximum absolute atomic E-state index is 12.0. The topological polar surface area (TPSA) is 65.9 Å². The Labute approximate surface area is 150 Å². The van der Waals surface area contributed by atoms with Crippen molar-refractivity contribution in [2.45, 2.75) is 6.92 Å². The first-order valence-corrected chi connectivity index (χ1v) is 8.17. The van der Waals surface area contributed by atoms with E-state index in [1.165, 1.54) is 0 Å². The summed E-state index contributed by atoms with van der Waals surface area (Å²) in [4.78, 5) is 15.3. The minimum absolute atomic E-state index is 0.0400. The average molecular weight is 351 g/mol. The van der Waals surface area contributed by atoms with Gasteiger partial charge < -0.3 is 9.72 Å². The van der Waals surface area contributed by atoms with Crippen LogP contribution in [-0.2, 0) is 9.53 Å². The lowest BCUT2D eigenvalue weighted by Crippen LogP contribution is -2.06. The van der Waals surface area contributed by atoms with Crippen LogP contribution in [0.2, 0.25) is 5.02 Å². The molecule has 0 unspecified atom stereocenters. The molecule has 0 aliphatic rings. The minimum atomic E-state index is -0.627. The highest BCUT2D eigenvalue weighted by Crippen LogP contribution is 2.32. The summed E-state index contributed by atoms with van der Waals surface area (Å²) in [5.41, 5.74) is 3.37. The maximum atomic E-state index is 12.0.